The molecule has 0 saturated heterocycles. The van der Waals surface area contributed by atoms with Gasteiger partial charge < -0.3 is 9.15 Å². The summed E-state index contributed by atoms with van der Waals surface area (Å²) in [6, 6.07) is 27.6. The molecule has 5 rings (SSSR count). The lowest BCUT2D eigenvalue weighted by Crippen LogP contribution is -2.41. The van der Waals surface area contributed by atoms with Crippen molar-refractivity contribution < 1.29 is 18.5 Å². The van der Waals surface area contributed by atoms with Crippen molar-refractivity contribution in [2.45, 2.75) is 25.9 Å². The maximum atomic E-state index is 13.0. The van der Waals surface area contributed by atoms with Crippen LogP contribution in [-0.2, 0) is 13.0 Å². The summed E-state index contributed by atoms with van der Waals surface area (Å²) >= 11 is 0. The van der Waals surface area contributed by atoms with Gasteiger partial charge in [-0.15, -0.1) is 0 Å². The average Bonchev–Trinajstić information content (AvgIpc) is 3.49. The molecule has 0 saturated carbocycles. The number of ether oxygens (including phenoxy) is 1. The van der Waals surface area contributed by atoms with Gasteiger partial charge in [0, 0.05) is 22.9 Å². The van der Waals surface area contributed by atoms with Gasteiger partial charge in [-0.1, -0.05) is 55.5 Å². The highest BCUT2D eigenvalue weighted by atomic mass is 16.5. The number of carbonyl (C=O) groups is 1. The summed E-state index contributed by atoms with van der Waals surface area (Å²) in [5.74, 6) is 2.71. The number of imidazole rings is 1. The Kier molecular flexibility index (Phi) is 6.00. The first-order chi connectivity index (χ1) is 16.7. The summed E-state index contributed by atoms with van der Waals surface area (Å²) < 4.78 is 15.8. The molecule has 0 aliphatic heterocycles. The molecule has 3 aromatic carbocycles. The van der Waals surface area contributed by atoms with Crippen molar-refractivity contribution in [2.75, 3.05) is 7.11 Å². The van der Waals surface area contributed by atoms with Crippen LogP contribution in [0.4, 0.5) is 0 Å². The predicted molar refractivity (Wildman–Crippen MR) is 131 cm³/mol. The first-order valence-electron chi connectivity index (χ1n) is 11.5. The zero-order chi connectivity index (χ0) is 23.5. The number of hydrogen-bond donors (Lipinski definition) is 0. The van der Waals surface area contributed by atoms with Crippen LogP contribution in [0.3, 0.4) is 0 Å². The van der Waals surface area contributed by atoms with Crippen molar-refractivity contribution in [3.63, 3.8) is 0 Å². The van der Waals surface area contributed by atoms with Crippen molar-refractivity contribution in [1.29, 1.82) is 0 Å². The molecule has 0 radical (unpaired) electrons. The Morgan fingerprint density at radius 1 is 1.00 bits per heavy atom. The molecular formula is C29H27N2O3+. The van der Waals surface area contributed by atoms with Crippen LogP contribution in [0, 0.1) is 0 Å². The van der Waals surface area contributed by atoms with Gasteiger partial charge in [0.2, 0.25) is 5.78 Å². The van der Waals surface area contributed by atoms with E-state index in [1.165, 1.54) is 0 Å². The molecule has 0 bridgehead atoms. The monoisotopic (exact) mass is 451 g/mol. The highest BCUT2D eigenvalue weighted by molar-refractivity contribution is 5.95. The third-order valence-electron chi connectivity index (χ3n) is 6.19. The molecule has 1 unspecified atom stereocenters. The van der Waals surface area contributed by atoms with E-state index in [4.69, 9.17) is 9.15 Å². The lowest BCUT2D eigenvalue weighted by molar-refractivity contribution is -0.690. The van der Waals surface area contributed by atoms with Gasteiger partial charge in [-0.2, -0.15) is 0 Å². The standard InChI is InChI=1S/C29H27N2O3/c1-3-28-30(20-25(32)21-13-15-24(33-2)16-14-21)17-18-31(28)29(22-9-5-4-6-10-22)27-19-23-11-7-8-12-26(23)34-27/h4-19,29H,3,20H2,1-2H3/q+1. The number of carbonyl (C=O) groups excluding carboxylic acids is 1. The molecule has 1 atom stereocenters. The van der Waals surface area contributed by atoms with Gasteiger partial charge in [-0.05, 0) is 36.4 Å². The highest BCUT2D eigenvalue weighted by Gasteiger charge is 2.30. The normalized spacial score (nSPS) is 12.1. The van der Waals surface area contributed by atoms with Gasteiger partial charge in [-0.25, -0.2) is 9.13 Å². The summed E-state index contributed by atoms with van der Waals surface area (Å²) in [6.07, 6.45) is 4.80. The first kappa shape index (κ1) is 21.7. The highest BCUT2D eigenvalue weighted by Crippen LogP contribution is 2.32. The number of nitrogens with zero attached hydrogens (tertiary/aromatic N) is 2. The third-order valence-corrected chi connectivity index (χ3v) is 6.19. The second kappa shape index (κ2) is 9.40. The Balaban J connectivity index is 1.54. The van der Waals surface area contributed by atoms with Crippen molar-refractivity contribution in [3.8, 4) is 5.75 Å². The van der Waals surface area contributed by atoms with Crippen LogP contribution in [0.1, 0.15) is 40.5 Å². The molecule has 0 aliphatic rings. The van der Waals surface area contributed by atoms with Crippen LogP contribution in [0.5, 0.6) is 5.75 Å². The lowest BCUT2D eigenvalue weighted by atomic mass is 10.0. The van der Waals surface area contributed by atoms with E-state index in [0.29, 0.717) is 5.56 Å². The van der Waals surface area contributed by atoms with E-state index < -0.39 is 0 Å². The number of ketones is 1. The van der Waals surface area contributed by atoms with Gasteiger partial charge in [-0.3, -0.25) is 4.79 Å². The van der Waals surface area contributed by atoms with Crippen molar-refractivity contribution in [3.05, 3.63) is 120 Å². The molecule has 5 nitrogen and oxygen atoms in total. The Bertz CT molecular complexity index is 1380. The summed E-state index contributed by atoms with van der Waals surface area (Å²) in [6.45, 7) is 2.38. The Morgan fingerprint density at radius 2 is 1.74 bits per heavy atom. The van der Waals surface area contributed by atoms with E-state index in [1.807, 2.05) is 77.6 Å². The minimum absolute atomic E-state index is 0.0556. The second-order valence-corrected chi connectivity index (χ2v) is 8.25. The molecule has 34 heavy (non-hydrogen) atoms. The van der Waals surface area contributed by atoms with Gasteiger partial charge in [0.05, 0.1) is 7.11 Å². The molecule has 0 amide bonds. The fourth-order valence-electron chi connectivity index (χ4n) is 4.49. The summed E-state index contributed by atoms with van der Waals surface area (Å²) in [7, 11) is 1.62. The largest absolute Gasteiger partial charge is 0.497 e. The Labute approximate surface area is 198 Å². The molecule has 2 aromatic heterocycles. The number of methoxy groups -OCH3 is 1. The SMILES string of the molecule is CCc1n(C(c2ccccc2)c2cc3ccccc3o2)cc[n+]1CC(=O)c1ccc(OC)cc1. The van der Waals surface area contributed by atoms with Crippen molar-refractivity contribution >= 4 is 16.8 Å². The van der Waals surface area contributed by atoms with Crippen molar-refractivity contribution in [2.24, 2.45) is 0 Å². The van der Waals surface area contributed by atoms with E-state index in [9.17, 15) is 4.79 Å². The number of para-hydroxylation sites is 1. The van der Waals surface area contributed by atoms with Crippen LogP contribution in [0.15, 0.2) is 102 Å². The van der Waals surface area contributed by atoms with Gasteiger partial charge in [0.1, 0.15) is 23.7 Å². The van der Waals surface area contributed by atoms with E-state index in [-0.39, 0.29) is 18.4 Å². The third kappa shape index (κ3) is 4.13. The Morgan fingerprint density at radius 3 is 2.44 bits per heavy atom. The van der Waals surface area contributed by atoms with Crippen LogP contribution >= 0.6 is 0 Å². The first-order valence-corrected chi connectivity index (χ1v) is 11.5. The van der Waals surface area contributed by atoms with Gasteiger partial charge in [0.15, 0.2) is 18.3 Å². The molecule has 0 aliphatic carbocycles. The summed E-state index contributed by atoms with van der Waals surface area (Å²) in [5, 5.41) is 1.08. The van der Waals surface area contributed by atoms with E-state index in [2.05, 4.69) is 35.8 Å². The lowest BCUT2D eigenvalue weighted by Gasteiger charge is -2.14. The summed E-state index contributed by atoms with van der Waals surface area (Å²) in [5.41, 5.74) is 2.66. The number of Topliss-reactive ketones (excluding diaryl/α,β-unsaturated/α-hetero) is 1. The zero-order valence-electron chi connectivity index (χ0n) is 19.3. The number of furan rings is 1. The molecule has 0 spiro atoms. The van der Waals surface area contributed by atoms with Crippen molar-refractivity contribution in [1.82, 2.24) is 4.57 Å². The molecule has 170 valence electrons. The van der Waals surface area contributed by atoms with Crippen LogP contribution in [0.25, 0.3) is 11.0 Å². The molecule has 2 heterocycles. The zero-order valence-corrected chi connectivity index (χ0v) is 19.3. The average molecular weight is 452 g/mol. The molecule has 0 fully saturated rings. The van der Waals surface area contributed by atoms with E-state index >= 15 is 0 Å². The quantitative estimate of drug-likeness (QED) is 0.227. The van der Waals surface area contributed by atoms with Crippen LogP contribution in [-0.4, -0.2) is 17.5 Å². The number of hydrogen-bond acceptors (Lipinski definition) is 3. The smallest absolute Gasteiger partial charge is 0.257 e. The topological polar surface area (TPSA) is 48.2 Å². The minimum atomic E-state index is -0.138. The Hall–Kier alpha value is -4.12. The summed E-state index contributed by atoms with van der Waals surface area (Å²) in [4.78, 5) is 13.0. The maximum absolute atomic E-state index is 13.0. The van der Waals surface area contributed by atoms with Gasteiger partial charge >= 0.3 is 0 Å². The van der Waals surface area contributed by atoms with Gasteiger partial charge in [0.25, 0.3) is 5.82 Å². The fourth-order valence-corrected chi connectivity index (χ4v) is 4.49. The number of benzene rings is 3. The minimum Gasteiger partial charge on any atom is -0.497 e. The van der Waals surface area contributed by atoms with Crippen LogP contribution in [0.2, 0.25) is 0 Å². The number of rotatable bonds is 8. The van der Waals surface area contributed by atoms with E-state index in [1.54, 1.807) is 7.11 Å². The molecule has 5 heteroatoms. The predicted octanol–water partition coefficient (Wildman–Crippen LogP) is 5.61. The molecular weight excluding hydrogens is 424 g/mol. The molecule has 5 aromatic rings. The number of fused-ring (bicyclic) bond motifs is 1. The maximum Gasteiger partial charge on any atom is 0.257 e. The molecule has 0 N–H and O–H groups in total. The second-order valence-electron chi connectivity index (χ2n) is 8.25. The fraction of sp³-hybridized carbons (Fsp3) is 0.172. The van der Waals surface area contributed by atoms with E-state index in [0.717, 1.165) is 40.3 Å². The number of aromatic nitrogens is 2. The van der Waals surface area contributed by atoms with Crippen LogP contribution < -0.4 is 9.30 Å².